The van der Waals surface area contributed by atoms with Crippen LogP contribution in [0.4, 0.5) is 4.39 Å². The number of benzene rings is 1. The van der Waals surface area contributed by atoms with Crippen LogP contribution in [0.5, 0.6) is 0 Å². The van der Waals surface area contributed by atoms with Crippen molar-refractivity contribution >= 4 is 11.9 Å². The molecule has 0 radical (unpaired) electrons. The topological polar surface area (TPSA) is 75.4 Å². The molecule has 0 unspecified atom stereocenters. The first-order valence-corrected chi connectivity index (χ1v) is 7.79. The van der Waals surface area contributed by atoms with Crippen LogP contribution in [0.25, 0.3) is 0 Å². The highest BCUT2D eigenvalue weighted by atomic mass is 19.1. The van der Waals surface area contributed by atoms with Crippen molar-refractivity contribution in [2.24, 2.45) is 0 Å². The number of nitrogens with zero attached hydrogens (tertiary/aromatic N) is 3. The molecule has 1 aliphatic rings. The Kier molecular flexibility index (Phi) is 4.09. The fourth-order valence-electron chi connectivity index (χ4n) is 3.13. The van der Waals surface area contributed by atoms with Gasteiger partial charge in [0.05, 0.1) is 11.3 Å². The van der Waals surface area contributed by atoms with E-state index >= 15 is 0 Å². The maximum Gasteiger partial charge on any atom is 0.336 e. The van der Waals surface area contributed by atoms with Crippen molar-refractivity contribution < 1.29 is 19.1 Å². The van der Waals surface area contributed by atoms with Gasteiger partial charge in [0.1, 0.15) is 11.5 Å². The van der Waals surface area contributed by atoms with E-state index in [1.807, 2.05) is 13.8 Å². The summed E-state index contributed by atoms with van der Waals surface area (Å²) in [6.45, 7) is 4.70. The summed E-state index contributed by atoms with van der Waals surface area (Å²) in [5.74, 6) is -1.75. The number of amides is 1. The first-order chi connectivity index (χ1) is 11.4. The van der Waals surface area contributed by atoms with E-state index in [0.29, 0.717) is 36.3 Å². The van der Waals surface area contributed by atoms with Gasteiger partial charge in [-0.25, -0.2) is 9.18 Å². The summed E-state index contributed by atoms with van der Waals surface area (Å²) in [7, 11) is 0. The number of halogens is 1. The van der Waals surface area contributed by atoms with Crippen LogP contribution >= 0.6 is 0 Å². The highest BCUT2D eigenvalue weighted by Crippen LogP contribution is 2.26. The minimum Gasteiger partial charge on any atom is -0.478 e. The molecule has 2 heterocycles. The number of rotatable bonds is 3. The van der Waals surface area contributed by atoms with Crippen LogP contribution < -0.4 is 0 Å². The van der Waals surface area contributed by atoms with Gasteiger partial charge in [-0.3, -0.25) is 9.48 Å². The number of aromatic carboxylic acids is 1. The van der Waals surface area contributed by atoms with Gasteiger partial charge in [0.15, 0.2) is 0 Å². The summed E-state index contributed by atoms with van der Waals surface area (Å²) in [6, 6.07) is 4.14. The maximum atomic E-state index is 14.0. The normalized spacial score (nSPS) is 13.7. The summed E-state index contributed by atoms with van der Waals surface area (Å²) in [6.07, 6.45) is 0.299. The van der Waals surface area contributed by atoms with E-state index in [4.69, 9.17) is 0 Å². The third-order valence-electron chi connectivity index (χ3n) is 4.29. The van der Waals surface area contributed by atoms with Crippen LogP contribution in [0.3, 0.4) is 0 Å². The second-order valence-electron chi connectivity index (χ2n) is 5.82. The molecule has 1 aromatic heterocycles. The van der Waals surface area contributed by atoms with Crippen LogP contribution in [0, 0.1) is 12.7 Å². The molecule has 0 saturated heterocycles. The van der Waals surface area contributed by atoms with Gasteiger partial charge in [-0.1, -0.05) is 0 Å². The minimum absolute atomic E-state index is 0.0454. The number of hydrogen-bond acceptors (Lipinski definition) is 3. The Labute approximate surface area is 138 Å². The third-order valence-corrected chi connectivity index (χ3v) is 4.29. The number of carboxylic acid groups (broad SMARTS) is 1. The fraction of sp³-hybridized carbons (Fsp3) is 0.353. The molecule has 24 heavy (non-hydrogen) atoms. The molecule has 0 bridgehead atoms. The minimum atomic E-state index is -1.12. The Bertz CT molecular complexity index is 829. The van der Waals surface area contributed by atoms with Gasteiger partial charge >= 0.3 is 5.97 Å². The van der Waals surface area contributed by atoms with Crippen molar-refractivity contribution in [3.05, 3.63) is 52.1 Å². The summed E-state index contributed by atoms with van der Waals surface area (Å²) >= 11 is 0. The van der Waals surface area contributed by atoms with Gasteiger partial charge in [-0.05, 0) is 49.6 Å². The molecule has 1 aliphatic heterocycles. The first-order valence-electron chi connectivity index (χ1n) is 7.79. The molecule has 7 heteroatoms. The number of carboxylic acids is 1. The predicted octanol–water partition coefficient (Wildman–Crippen LogP) is 2.25. The number of aromatic nitrogens is 2. The Morgan fingerprint density at radius 1 is 1.33 bits per heavy atom. The van der Waals surface area contributed by atoms with E-state index in [-0.39, 0.29) is 18.0 Å². The molecule has 0 saturated carbocycles. The quantitative estimate of drug-likeness (QED) is 0.936. The van der Waals surface area contributed by atoms with Crippen LogP contribution in [0.15, 0.2) is 18.2 Å². The molecule has 1 N–H and O–H groups in total. The van der Waals surface area contributed by atoms with Crippen molar-refractivity contribution in [2.75, 3.05) is 6.54 Å². The largest absolute Gasteiger partial charge is 0.478 e. The Balaban J connectivity index is 1.96. The molecular formula is C17H18FN3O3. The summed E-state index contributed by atoms with van der Waals surface area (Å²) < 4.78 is 15.6. The molecule has 0 spiro atoms. The molecule has 6 nitrogen and oxygen atoms in total. The fourth-order valence-corrected chi connectivity index (χ4v) is 3.13. The SMILES string of the molecule is CCn1nc(C)cc1C(=O)N1CCc2c(F)ccc(C(=O)O)c2C1. The van der Waals surface area contributed by atoms with Crippen molar-refractivity contribution in [2.45, 2.75) is 33.4 Å². The zero-order valence-corrected chi connectivity index (χ0v) is 13.5. The average molecular weight is 331 g/mol. The van der Waals surface area contributed by atoms with Crippen molar-refractivity contribution in [1.82, 2.24) is 14.7 Å². The lowest BCUT2D eigenvalue weighted by Crippen LogP contribution is -2.38. The van der Waals surface area contributed by atoms with E-state index in [1.165, 1.54) is 12.1 Å². The molecule has 0 atom stereocenters. The van der Waals surface area contributed by atoms with Gasteiger partial charge in [0.25, 0.3) is 5.91 Å². The zero-order valence-electron chi connectivity index (χ0n) is 13.5. The monoisotopic (exact) mass is 331 g/mol. The van der Waals surface area contributed by atoms with Crippen molar-refractivity contribution in [1.29, 1.82) is 0 Å². The lowest BCUT2D eigenvalue weighted by atomic mass is 9.94. The highest BCUT2D eigenvalue weighted by molar-refractivity contribution is 5.94. The summed E-state index contributed by atoms with van der Waals surface area (Å²) in [5.41, 5.74) is 2.02. The molecule has 1 aromatic carbocycles. The molecule has 0 fully saturated rings. The average Bonchev–Trinajstić information content (AvgIpc) is 2.94. The molecule has 2 aromatic rings. The van der Waals surface area contributed by atoms with Gasteiger partial charge in [0, 0.05) is 19.6 Å². The van der Waals surface area contributed by atoms with Gasteiger partial charge in [-0.15, -0.1) is 0 Å². The second kappa shape index (κ2) is 6.07. The van der Waals surface area contributed by atoms with Gasteiger partial charge < -0.3 is 10.0 Å². The number of carbonyl (C=O) groups excluding carboxylic acids is 1. The summed E-state index contributed by atoms with van der Waals surface area (Å²) in [5, 5.41) is 13.6. The smallest absolute Gasteiger partial charge is 0.336 e. The molecule has 3 rings (SSSR count). The molecular weight excluding hydrogens is 313 g/mol. The highest BCUT2D eigenvalue weighted by Gasteiger charge is 2.29. The third kappa shape index (κ3) is 2.66. The predicted molar refractivity (Wildman–Crippen MR) is 84.4 cm³/mol. The van der Waals surface area contributed by atoms with E-state index in [1.54, 1.807) is 15.6 Å². The molecule has 126 valence electrons. The van der Waals surface area contributed by atoms with E-state index < -0.39 is 11.8 Å². The lowest BCUT2D eigenvalue weighted by molar-refractivity contribution is 0.0673. The van der Waals surface area contributed by atoms with Gasteiger partial charge in [0.2, 0.25) is 0 Å². The van der Waals surface area contributed by atoms with Crippen LogP contribution in [-0.2, 0) is 19.5 Å². The van der Waals surface area contributed by atoms with Crippen LogP contribution in [0.2, 0.25) is 0 Å². The number of carbonyl (C=O) groups is 2. The standard InChI is InChI=1S/C17H18FN3O3/c1-3-21-15(8-10(2)19-21)16(22)20-7-6-11-13(9-20)12(17(23)24)4-5-14(11)18/h4-5,8H,3,6-7,9H2,1-2H3,(H,23,24). The van der Waals surface area contributed by atoms with E-state index in [0.717, 1.165) is 5.69 Å². The van der Waals surface area contributed by atoms with Crippen LogP contribution in [0.1, 0.15) is 44.6 Å². The second-order valence-corrected chi connectivity index (χ2v) is 5.82. The first kappa shape index (κ1) is 16.2. The Morgan fingerprint density at radius 2 is 2.08 bits per heavy atom. The zero-order chi connectivity index (χ0) is 17.4. The Morgan fingerprint density at radius 3 is 2.75 bits per heavy atom. The number of fused-ring (bicyclic) bond motifs is 1. The maximum absolute atomic E-state index is 14.0. The number of aryl methyl sites for hydroxylation is 2. The number of hydrogen-bond donors (Lipinski definition) is 1. The van der Waals surface area contributed by atoms with E-state index in [2.05, 4.69) is 5.10 Å². The lowest BCUT2D eigenvalue weighted by Gasteiger charge is -2.30. The molecule has 0 aliphatic carbocycles. The summed E-state index contributed by atoms with van der Waals surface area (Å²) in [4.78, 5) is 25.7. The van der Waals surface area contributed by atoms with Crippen LogP contribution in [-0.4, -0.2) is 38.2 Å². The Hall–Kier alpha value is -2.70. The van der Waals surface area contributed by atoms with Crippen molar-refractivity contribution in [3.8, 4) is 0 Å². The molecule has 1 amide bonds. The van der Waals surface area contributed by atoms with E-state index in [9.17, 15) is 19.1 Å². The van der Waals surface area contributed by atoms with Gasteiger partial charge in [-0.2, -0.15) is 5.10 Å². The van der Waals surface area contributed by atoms with Crippen molar-refractivity contribution in [3.63, 3.8) is 0 Å².